The van der Waals surface area contributed by atoms with Crippen molar-refractivity contribution in [1.82, 2.24) is 0 Å². The molecule has 1 heteroatoms. The molecule has 4 unspecified atom stereocenters. The summed E-state index contributed by atoms with van der Waals surface area (Å²) in [5.74, 6) is 2.50. The zero-order valence-electron chi connectivity index (χ0n) is 15.4. The number of carbonyl (C=O) groups is 1. The summed E-state index contributed by atoms with van der Waals surface area (Å²) in [7, 11) is 0. The van der Waals surface area contributed by atoms with E-state index in [9.17, 15) is 4.79 Å². The van der Waals surface area contributed by atoms with Crippen LogP contribution in [0.25, 0.3) is 0 Å². The van der Waals surface area contributed by atoms with Crippen molar-refractivity contribution < 1.29 is 4.79 Å². The van der Waals surface area contributed by atoms with Gasteiger partial charge in [-0.2, -0.15) is 0 Å². The summed E-state index contributed by atoms with van der Waals surface area (Å²) < 4.78 is 0. The standard InChI is InChI=1S/C24H28O/c1-16-7-9-18(10-8-16)20-12-13-21(17(2)15-20)23-14-11-19-5-3-4-6-22(19)24(23)25/h3-10,17,20-21,23H,11-15H2,1-2H3. The van der Waals surface area contributed by atoms with Gasteiger partial charge in [-0.25, -0.2) is 0 Å². The first-order valence-corrected chi connectivity index (χ1v) is 9.82. The number of hydrogen-bond donors (Lipinski definition) is 0. The van der Waals surface area contributed by atoms with Gasteiger partial charge in [0.2, 0.25) is 0 Å². The molecule has 0 bridgehead atoms. The molecule has 0 heterocycles. The summed E-state index contributed by atoms with van der Waals surface area (Å²) in [6.45, 7) is 4.52. The molecule has 4 atom stereocenters. The minimum atomic E-state index is 0.240. The zero-order chi connectivity index (χ0) is 17.4. The Morgan fingerprint density at radius 1 is 0.920 bits per heavy atom. The Kier molecular flexibility index (Phi) is 4.50. The maximum atomic E-state index is 13.1. The third-order valence-electron chi connectivity index (χ3n) is 6.65. The van der Waals surface area contributed by atoms with E-state index in [0.717, 1.165) is 18.4 Å². The highest BCUT2D eigenvalue weighted by molar-refractivity contribution is 6.00. The Morgan fingerprint density at radius 2 is 1.68 bits per heavy atom. The first-order chi connectivity index (χ1) is 12.1. The Balaban J connectivity index is 1.48. The Morgan fingerprint density at radius 3 is 2.44 bits per heavy atom. The highest BCUT2D eigenvalue weighted by Crippen LogP contribution is 2.45. The lowest BCUT2D eigenvalue weighted by Crippen LogP contribution is -2.35. The molecule has 0 N–H and O–H groups in total. The van der Waals surface area contributed by atoms with Crippen LogP contribution in [0, 0.1) is 24.7 Å². The summed E-state index contributed by atoms with van der Waals surface area (Å²) >= 11 is 0. The monoisotopic (exact) mass is 332 g/mol. The minimum absolute atomic E-state index is 0.240. The number of ketones is 1. The molecule has 4 rings (SSSR count). The van der Waals surface area contributed by atoms with Crippen LogP contribution in [0.15, 0.2) is 48.5 Å². The Bertz CT molecular complexity index is 758. The Labute approximate surface area is 151 Å². The van der Waals surface area contributed by atoms with E-state index in [2.05, 4.69) is 50.2 Å². The summed E-state index contributed by atoms with van der Waals surface area (Å²) in [6, 6.07) is 17.3. The minimum Gasteiger partial charge on any atom is -0.294 e. The molecule has 1 nitrogen and oxygen atoms in total. The van der Waals surface area contributed by atoms with Crippen LogP contribution >= 0.6 is 0 Å². The number of rotatable bonds is 2. The van der Waals surface area contributed by atoms with Gasteiger partial charge in [-0.1, -0.05) is 61.0 Å². The van der Waals surface area contributed by atoms with Gasteiger partial charge < -0.3 is 0 Å². The smallest absolute Gasteiger partial charge is 0.166 e. The van der Waals surface area contributed by atoms with E-state index in [-0.39, 0.29) is 5.92 Å². The van der Waals surface area contributed by atoms with Crippen molar-refractivity contribution in [3.63, 3.8) is 0 Å². The second-order valence-electron chi connectivity index (χ2n) is 8.23. The maximum Gasteiger partial charge on any atom is 0.166 e. The van der Waals surface area contributed by atoms with Gasteiger partial charge in [0.15, 0.2) is 5.78 Å². The fraction of sp³-hybridized carbons (Fsp3) is 0.458. The van der Waals surface area contributed by atoms with E-state index in [1.165, 1.54) is 36.0 Å². The van der Waals surface area contributed by atoms with Crippen LogP contribution in [0.2, 0.25) is 0 Å². The van der Waals surface area contributed by atoms with Crippen molar-refractivity contribution in [2.24, 2.45) is 17.8 Å². The van der Waals surface area contributed by atoms with Gasteiger partial charge >= 0.3 is 0 Å². The maximum absolute atomic E-state index is 13.1. The molecular formula is C24H28O. The first kappa shape index (κ1) is 16.6. The second kappa shape index (κ2) is 6.78. The van der Waals surface area contributed by atoms with Gasteiger partial charge in [0, 0.05) is 11.5 Å². The van der Waals surface area contributed by atoms with E-state index >= 15 is 0 Å². The van der Waals surface area contributed by atoms with Crippen LogP contribution in [-0.4, -0.2) is 5.78 Å². The molecule has 0 aliphatic heterocycles. The van der Waals surface area contributed by atoms with Gasteiger partial charge in [-0.05, 0) is 67.9 Å². The fourth-order valence-electron chi connectivity index (χ4n) is 5.19. The van der Waals surface area contributed by atoms with Crippen LogP contribution in [0.5, 0.6) is 0 Å². The summed E-state index contributed by atoms with van der Waals surface area (Å²) in [5.41, 5.74) is 5.06. The quantitative estimate of drug-likeness (QED) is 0.663. The summed E-state index contributed by atoms with van der Waals surface area (Å²) in [4.78, 5) is 13.1. The molecular weight excluding hydrogens is 304 g/mol. The highest BCUT2D eigenvalue weighted by atomic mass is 16.1. The van der Waals surface area contributed by atoms with Crippen molar-refractivity contribution in [1.29, 1.82) is 0 Å². The van der Waals surface area contributed by atoms with Crippen molar-refractivity contribution in [3.8, 4) is 0 Å². The molecule has 0 amide bonds. The number of hydrogen-bond acceptors (Lipinski definition) is 1. The van der Waals surface area contributed by atoms with E-state index < -0.39 is 0 Å². The predicted octanol–water partition coefficient (Wildman–Crippen LogP) is 5.96. The molecule has 0 saturated heterocycles. The first-order valence-electron chi connectivity index (χ1n) is 9.82. The number of fused-ring (bicyclic) bond motifs is 1. The van der Waals surface area contributed by atoms with Crippen LogP contribution in [0.1, 0.15) is 65.6 Å². The third-order valence-corrected chi connectivity index (χ3v) is 6.65. The van der Waals surface area contributed by atoms with Crippen molar-refractivity contribution >= 4 is 5.78 Å². The normalized spacial score (nSPS) is 29.3. The highest BCUT2D eigenvalue weighted by Gasteiger charge is 2.39. The lowest BCUT2D eigenvalue weighted by atomic mass is 9.64. The van der Waals surface area contributed by atoms with Crippen molar-refractivity contribution in [2.75, 3.05) is 0 Å². The van der Waals surface area contributed by atoms with Gasteiger partial charge in [-0.3, -0.25) is 4.79 Å². The van der Waals surface area contributed by atoms with Gasteiger partial charge in [0.05, 0.1) is 0 Å². The SMILES string of the molecule is Cc1ccc(C2CCC(C3CCc4ccccc4C3=O)C(C)C2)cc1. The van der Waals surface area contributed by atoms with Gasteiger partial charge in [0.1, 0.15) is 0 Å². The van der Waals surface area contributed by atoms with E-state index in [1.54, 1.807) is 0 Å². The van der Waals surface area contributed by atoms with Gasteiger partial charge in [-0.15, -0.1) is 0 Å². The summed E-state index contributed by atoms with van der Waals surface area (Å²) in [6.07, 6.45) is 5.75. The summed E-state index contributed by atoms with van der Waals surface area (Å²) in [5, 5.41) is 0. The third kappa shape index (κ3) is 3.17. The van der Waals surface area contributed by atoms with Crippen LogP contribution in [0.3, 0.4) is 0 Å². The lowest BCUT2D eigenvalue weighted by Gasteiger charge is -2.40. The van der Waals surface area contributed by atoms with Crippen LogP contribution in [0.4, 0.5) is 0 Å². The van der Waals surface area contributed by atoms with Crippen molar-refractivity contribution in [2.45, 2.75) is 51.9 Å². The molecule has 1 fully saturated rings. The van der Waals surface area contributed by atoms with Crippen LogP contribution in [-0.2, 0) is 6.42 Å². The second-order valence-corrected chi connectivity index (χ2v) is 8.23. The van der Waals surface area contributed by atoms with Crippen LogP contribution < -0.4 is 0 Å². The average molecular weight is 332 g/mol. The molecule has 25 heavy (non-hydrogen) atoms. The van der Waals surface area contributed by atoms with E-state index in [0.29, 0.717) is 23.5 Å². The molecule has 130 valence electrons. The van der Waals surface area contributed by atoms with Crippen molar-refractivity contribution in [3.05, 3.63) is 70.8 Å². The molecule has 2 aliphatic carbocycles. The largest absolute Gasteiger partial charge is 0.294 e. The van der Waals surface area contributed by atoms with Gasteiger partial charge in [0.25, 0.3) is 0 Å². The lowest BCUT2D eigenvalue weighted by molar-refractivity contribution is 0.0745. The number of carbonyl (C=O) groups excluding carboxylic acids is 1. The number of Topliss-reactive ketones (excluding diaryl/α,β-unsaturated/α-hetero) is 1. The van der Waals surface area contributed by atoms with E-state index in [1.807, 2.05) is 12.1 Å². The Hall–Kier alpha value is -1.89. The number of benzene rings is 2. The molecule has 2 aliphatic rings. The number of aryl methyl sites for hydroxylation is 2. The zero-order valence-corrected chi connectivity index (χ0v) is 15.4. The molecule has 0 spiro atoms. The average Bonchev–Trinajstić information content (AvgIpc) is 2.63. The predicted molar refractivity (Wildman–Crippen MR) is 103 cm³/mol. The molecule has 1 saturated carbocycles. The molecule has 2 aromatic rings. The topological polar surface area (TPSA) is 17.1 Å². The van der Waals surface area contributed by atoms with E-state index in [4.69, 9.17) is 0 Å². The fourth-order valence-corrected chi connectivity index (χ4v) is 5.19. The molecule has 2 aromatic carbocycles. The molecule has 0 radical (unpaired) electrons. The molecule has 0 aromatic heterocycles.